The maximum atomic E-state index is 11.1. The lowest BCUT2D eigenvalue weighted by Gasteiger charge is -2.10. The summed E-state index contributed by atoms with van der Waals surface area (Å²) < 4.78 is 1.34. The fraction of sp³-hybridized carbons (Fsp3) is 0. The summed E-state index contributed by atoms with van der Waals surface area (Å²) in [4.78, 5) is 33.0. The van der Waals surface area contributed by atoms with Crippen LogP contribution in [0.15, 0.2) is 36.5 Å². The van der Waals surface area contributed by atoms with E-state index in [-0.39, 0.29) is 22.5 Å². The first-order chi connectivity index (χ1) is 9.04. The first-order valence-electron chi connectivity index (χ1n) is 5.28. The summed E-state index contributed by atoms with van der Waals surface area (Å²) in [6.07, 6.45) is 2.07. The zero-order valence-electron chi connectivity index (χ0n) is 9.61. The molecule has 0 atom stereocenters. The second-order valence-electron chi connectivity index (χ2n) is 3.76. The molecule has 0 bridgehead atoms. The molecule has 0 aliphatic carbocycles. The molecular weight excluding hydrogens is 250 g/mol. The van der Waals surface area contributed by atoms with Gasteiger partial charge in [-0.25, -0.2) is 9.59 Å². The van der Waals surface area contributed by atoms with E-state index >= 15 is 0 Å². The Labute approximate surface area is 107 Å². The summed E-state index contributed by atoms with van der Waals surface area (Å²) in [5, 5.41) is 18.0. The van der Waals surface area contributed by atoms with Gasteiger partial charge in [-0.2, -0.15) is 0 Å². The average molecular weight is 259 g/mol. The van der Waals surface area contributed by atoms with Crippen LogP contribution in [0.1, 0.15) is 31.2 Å². The number of hydrogen-bond acceptors (Lipinski definition) is 3. The quantitative estimate of drug-likeness (QED) is 0.814. The van der Waals surface area contributed by atoms with E-state index in [1.165, 1.54) is 35.0 Å². The Morgan fingerprint density at radius 2 is 1.84 bits per heavy atom. The fourth-order valence-corrected chi connectivity index (χ4v) is 1.75. The molecule has 1 heterocycles. The Balaban J connectivity index is 2.71. The largest absolute Gasteiger partial charge is 0.478 e. The number of aldehydes is 1. The van der Waals surface area contributed by atoms with Crippen molar-refractivity contribution in [3.8, 4) is 5.69 Å². The van der Waals surface area contributed by atoms with E-state index in [9.17, 15) is 14.4 Å². The highest BCUT2D eigenvalue weighted by Crippen LogP contribution is 2.19. The van der Waals surface area contributed by atoms with Crippen LogP contribution in [-0.2, 0) is 0 Å². The van der Waals surface area contributed by atoms with Gasteiger partial charge < -0.3 is 14.8 Å². The summed E-state index contributed by atoms with van der Waals surface area (Å²) in [5.41, 5.74) is 0.249. The molecular formula is C13H9NO5. The second-order valence-corrected chi connectivity index (χ2v) is 3.76. The number of carbonyl (C=O) groups excluding carboxylic acids is 1. The lowest BCUT2D eigenvalue weighted by molar-refractivity contribution is 0.0681. The Morgan fingerprint density at radius 3 is 2.42 bits per heavy atom. The van der Waals surface area contributed by atoms with E-state index in [4.69, 9.17) is 10.2 Å². The van der Waals surface area contributed by atoms with Crippen LogP contribution in [-0.4, -0.2) is 33.0 Å². The number of nitrogens with zero attached hydrogens (tertiary/aromatic N) is 1. The van der Waals surface area contributed by atoms with Crippen LogP contribution < -0.4 is 0 Å². The Kier molecular flexibility index (Phi) is 3.15. The van der Waals surface area contributed by atoms with Crippen LogP contribution in [0.25, 0.3) is 5.69 Å². The van der Waals surface area contributed by atoms with Gasteiger partial charge in [-0.05, 0) is 30.3 Å². The van der Waals surface area contributed by atoms with Crippen LogP contribution in [0.4, 0.5) is 0 Å². The maximum Gasteiger partial charge on any atom is 0.337 e. The molecule has 0 saturated heterocycles. The Morgan fingerprint density at radius 1 is 1.11 bits per heavy atom. The molecule has 0 amide bonds. The Bertz CT molecular complexity index is 671. The third kappa shape index (κ3) is 2.23. The fourth-order valence-electron chi connectivity index (χ4n) is 1.75. The molecule has 0 saturated carbocycles. The number of rotatable bonds is 4. The number of aromatic carboxylic acids is 2. The molecule has 6 heteroatoms. The molecule has 0 fully saturated rings. The van der Waals surface area contributed by atoms with E-state index < -0.39 is 11.9 Å². The maximum absolute atomic E-state index is 11.1. The van der Waals surface area contributed by atoms with E-state index in [1.54, 1.807) is 6.07 Å². The van der Waals surface area contributed by atoms with Gasteiger partial charge >= 0.3 is 11.9 Å². The summed E-state index contributed by atoms with van der Waals surface area (Å²) in [6, 6.07) is 6.71. The molecule has 96 valence electrons. The summed E-state index contributed by atoms with van der Waals surface area (Å²) in [7, 11) is 0. The minimum absolute atomic E-state index is 0.0504. The minimum Gasteiger partial charge on any atom is -0.478 e. The van der Waals surface area contributed by atoms with E-state index in [0.717, 1.165) is 0 Å². The average Bonchev–Trinajstić information content (AvgIpc) is 2.85. The van der Waals surface area contributed by atoms with Gasteiger partial charge in [0.05, 0.1) is 22.5 Å². The van der Waals surface area contributed by atoms with Gasteiger partial charge in [-0.1, -0.05) is 0 Å². The summed E-state index contributed by atoms with van der Waals surface area (Å²) in [6.45, 7) is 0. The van der Waals surface area contributed by atoms with Gasteiger partial charge in [-0.15, -0.1) is 0 Å². The van der Waals surface area contributed by atoms with Gasteiger partial charge in [0.1, 0.15) is 0 Å². The lowest BCUT2D eigenvalue weighted by Crippen LogP contribution is -2.09. The molecule has 2 N–H and O–H groups in total. The van der Waals surface area contributed by atoms with Crippen molar-refractivity contribution in [1.82, 2.24) is 4.57 Å². The van der Waals surface area contributed by atoms with E-state index in [0.29, 0.717) is 6.29 Å². The van der Waals surface area contributed by atoms with Gasteiger partial charge in [0.2, 0.25) is 0 Å². The first-order valence-corrected chi connectivity index (χ1v) is 5.28. The number of hydrogen-bond donors (Lipinski definition) is 2. The molecule has 1 aromatic carbocycles. The molecule has 1 aromatic heterocycles. The highest BCUT2D eigenvalue weighted by molar-refractivity contribution is 5.96. The third-order valence-electron chi connectivity index (χ3n) is 2.64. The van der Waals surface area contributed by atoms with Crippen molar-refractivity contribution in [1.29, 1.82) is 0 Å². The van der Waals surface area contributed by atoms with Gasteiger partial charge in [0.25, 0.3) is 0 Å². The normalized spacial score (nSPS) is 10.1. The van der Waals surface area contributed by atoms with Crippen molar-refractivity contribution < 1.29 is 24.6 Å². The topological polar surface area (TPSA) is 96.6 Å². The van der Waals surface area contributed by atoms with Crippen LogP contribution in [0.2, 0.25) is 0 Å². The second kappa shape index (κ2) is 4.77. The van der Waals surface area contributed by atoms with Crippen molar-refractivity contribution in [2.24, 2.45) is 0 Å². The minimum atomic E-state index is -1.20. The zero-order valence-corrected chi connectivity index (χ0v) is 9.61. The van der Waals surface area contributed by atoms with Crippen molar-refractivity contribution in [2.75, 3.05) is 0 Å². The van der Waals surface area contributed by atoms with Gasteiger partial charge in [-0.3, -0.25) is 4.79 Å². The molecule has 0 aliphatic heterocycles. The zero-order chi connectivity index (χ0) is 14.0. The molecule has 0 radical (unpaired) electrons. The lowest BCUT2D eigenvalue weighted by atomic mass is 10.1. The highest BCUT2D eigenvalue weighted by Gasteiger charge is 2.16. The number of carboxylic acids is 2. The van der Waals surface area contributed by atoms with Crippen molar-refractivity contribution in [3.05, 3.63) is 53.3 Å². The smallest absolute Gasteiger partial charge is 0.337 e. The standard InChI is InChI=1S/C13H9NO5/c15-7-9-2-1-5-14(9)11-6-8(12(16)17)3-4-10(11)13(18)19/h1-7H,(H,16,17)(H,18,19). The third-order valence-corrected chi connectivity index (χ3v) is 2.64. The van der Waals surface area contributed by atoms with E-state index in [1.807, 2.05) is 0 Å². The SMILES string of the molecule is O=Cc1cccn1-c1cc(C(=O)O)ccc1C(=O)O. The predicted molar refractivity (Wildman–Crippen MR) is 65.1 cm³/mol. The molecule has 6 nitrogen and oxygen atoms in total. The van der Waals surface area contributed by atoms with Crippen molar-refractivity contribution in [2.45, 2.75) is 0 Å². The molecule has 0 aliphatic rings. The molecule has 19 heavy (non-hydrogen) atoms. The number of benzene rings is 1. The highest BCUT2D eigenvalue weighted by atomic mass is 16.4. The predicted octanol–water partition coefficient (Wildman–Crippen LogP) is 1.69. The molecule has 2 aromatic rings. The van der Waals surface area contributed by atoms with Gasteiger partial charge in [0.15, 0.2) is 6.29 Å². The molecule has 0 unspecified atom stereocenters. The number of aromatic nitrogens is 1. The Hall–Kier alpha value is -2.89. The van der Waals surface area contributed by atoms with Crippen molar-refractivity contribution in [3.63, 3.8) is 0 Å². The van der Waals surface area contributed by atoms with Crippen LogP contribution >= 0.6 is 0 Å². The van der Waals surface area contributed by atoms with Crippen molar-refractivity contribution >= 4 is 18.2 Å². The van der Waals surface area contributed by atoms with Gasteiger partial charge in [0, 0.05) is 6.20 Å². The molecule has 2 rings (SSSR count). The summed E-state index contributed by atoms with van der Waals surface area (Å²) >= 11 is 0. The van der Waals surface area contributed by atoms with Crippen LogP contribution in [0, 0.1) is 0 Å². The van der Waals surface area contributed by atoms with E-state index in [2.05, 4.69) is 0 Å². The monoisotopic (exact) mass is 259 g/mol. The van der Waals surface area contributed by atoms with Crippen LogP contribution in [0.5, 0.6) is 0 Å². The first kappa shape index (κ1) is 12.6. The summed E-state index contributed by atoms with van der Waals surface area (Å²) in [5.74, 6) is -2.37. The molecule has 0 spiro atoms. The number of carbonyl (C=O) groups is 3. The number of carboxylic acid groups (broad SMARTS) is 2. The van der Waals surface area contributed by atoms with Crippen LogP contribution in [0.3, 0.4) is 0 Å².